The molecular weight excluding hydrogens is 204 g/mol. The summed E-state index contributed by atoms with van der Waals surface area (Å²) in [5.41, 5.74) is -0.246. The van der Waals surface area contributed by atoms with Crippen LogP contribution >= 0.6 is 0 Å². The Morgan fingerprint density at radius 3 is 2.12 bits per heavy atom. The normalized spacial score (nSPS) is 13.7. The van der Waals surface area contributed by atoms with E-state index in [1.54, 1.807) is 0 Å². The first-order chi connectivity index (χ1) is 7.30. The van der Waals surface area contributed by atoms with Gasteiger partial charge in [0.15, 0.2) is 0 Å². The lowest BCUT2D eigenvalue weighted by atomic mass is 9.97. The second-order valence-corrected chi connectivity index (χ2v) is 5.23. The highest BCUT2D eigenvalue weighted by molar-refractivity contribution is 5.74. The Balaban J connectivity index is 3.92. The molecule has 0 aliphatic carbocycles. The van der Waals surface area contributed by atoms with Gasteiger partial charge in [0.25, 0.3) is 0 Å². The molecule has 4 nitrogen and oxygen atoms in total. The summed E-state index contributed by atoms with van der Waals surface area (Å²) < 4.78 is 0. The van der Waals surface area contributed by atoms with Gasteiger partial charge in [0, 0.05) is 12.1 Å². The van der Waals surface area contributed by atoms with E-state index in [0.29, 0.717) is 6.54 Å². The highest BCUT2D eigenvalue weighted by Gasteiger charge is 2.18. The molecule has 0 rings (SSSR count). The smallest absolute Gasteiger partial charge is 0.315 e. The second-order valence-electron chi connectivity index (χ2n) is 5.23. The lowest BCUT2D eigenvalue weighted by Crippen LogP contribution is -2.48. The number of nitrogens with one attached hydrogen (secondary N) is 2. The minimum Gasteiger partial charge on any atom is -0.391 e. The van der Waals surface area contributed by atoms with Gasteiger partial charge in [-0.1, -0.05) is 26.7 Å². The molecule has 1 unspecified atom stereocenters. The average molecular weight is 230 g/mol. The minimum atomic E-state index is -0.458. The van der Waals surface area contributed by atoms with E-state index < -0.39 is 6.10 Å². The number of amides is 2. The molecule has 1 atom stereocenters. The Bertz CT molecular complexity index is 208. The Morgan fingerprint density at radius 1 is 1.25 bits per heavy atom. The van der Waals surface area contributed by atoms with Crippen LogP contribution in [0.2, 0.25) is 0 Å². The van der Waals surface area contributed by atoms with Crippen LogP contribution in [0.3, 0.4) is 0 Å². The van der Waals surface area contributed by atoms with Crippen LogP contribution in [0.5, 0.6) is 0 Å². The van der Waals surface area contributed by atoms with Gasteiger partial charge in [0.05, 0.1) is 6.10 Å². The molecule has 0 aliphatic heterocycles. The molecular formula is C12H26N2O2. The van der Waals surface area contributed by atoms with Crippen LogP contribution in [0.1, 0.15) is 47.5 Å². The standard InChI is InChI=1S/C12H26N2O2/c1-6-9(7-2)10(15)8-13-11(16)14-12(3,4)5/h9-10,15H,6-8H2,1-5H3,(H2,13,14,16). The van der Waals surface area contributed by atoms with Gasteiger partial charge in [-0.15, -0.1) is 0 Å². The summed E-state index contributed by atoms with van der Waals surface area (Å²) >= 11 is 0. The number of hydrogen-bond acceptors (Lipinski definition) is 2. The third-order valence-corrected chi connectivity index (χ3v) is 2.55. The average Bonchev–Trinajstić information content (AvgIpc) is 2.14. The lowest BCUT2D eigenvalue weighted by molar-refractivity contribution is 0.103. The second kappa shape index (κ2) is 6.74. The van der Waals surface area contributed by atoms with Crippen molar-refractivity contribution in [2.24, 2.45) is 5.92 Å². The molecule has 0 fully saturated rings. The zero-order valence-electron chi connectivity index (χ0n) is 11.1. The van der Waals surface area contributed by atoms with E-state index in [9.17, 15) is 9.90 Å². The van der Waals surface area contributed by atoms with Crippen LogP contribution < -0.4 is 10.6 Å². The molecule has 0 spiro atoms. The number of aliphatic hydroxyl groups excluding tert-OH is 1. The topological polar surface area (TPSA) is 61.4 Å². The van der Waals surface area contributed by atoms with Crippen LogP contribution in [0.25, 0.3) is 0 Å². The van der Waals surface area contributed by atoms with E-state index in [-0.39, 0.29) is 17.5 Å². The maximum Gasteiger partial charge on any atom is 0.315 e. The molecule has 0 aromatic carbocycles. The molecule has 0 heterocycles. The summed E-state index contributed by atoms with van der Waals surface area (Å²) in [5, 5.41) is 15.3. The summed E-state index contributed by atoms with van der Waals surface area (Å²) in [6.45, 7) is 10.2. The van der Waals surface area contributed by atoms with Gasteiger partial charge in [-0.3, -0.25) is 0 Å². The summed E-state index contributed by atoms with van der Waals surface area (Å²) in [6, 6.07) is -0.225. The maximum absolute atomic E-state index is 11.4. The molecule has 0 saturated heterocycles. The molecule has 0 bridgehead atoms. The van der Waals surface area contributed by atoms with E-state index in [1.165, 1.54) is 0 Å². The SMILES string of the molecule is CCC(CC)C(O)CNC(=O)NC(C)(C)C. The first-order valence-electron chi connectivity index (χ1n) is 6.04. The van der Waals surface area contributed by atoms with E-state index in [4.69, 9.17) is 0 Å². The van der Waals surface area contributed by atoms with Gasteiger partial charge in [-0.2, -0.15) is 0 Å². The summed E-state index contributed by atoms with van der Waals surface area (Å²) in [7, 11) is 0. The van der Waals surface area contributed by atoms with Crippen molar-refractivity contribution in [1.29, 1.82) is 0 Å². The van der Waals surface area contributed by atoms with Crippen molar-refractivity contribution < 1.29 is 9.90 Å². The first-order valence-corrected chi connectivity index (χ1v) is 6.04. The van der Waals surface area contributed by atoms with Crippen molar-refractivity contribution in [2.45, 2.75) is 59.1 Å². The third kappa shape index (κ3) is 6.67. The molecule has 0 aromatic heterocycles. The predicted octanol–water partition coefficient (Wildman–Crippen LogP) is 1.88. The van der Waals surface area contributed by atoms with E-state index in [1.807, 2.05) is 34.6 Å². The highest BCUT2D eigenvalue weighted by atomic mass is 16.3. The van der Waals surface area contributed by atoms with Crippen LogP contribution in [0, 0.1) is 5.92 Å². The van der Waals surface area contributed by atoms with Crippen molar-refractivity contribution in [3.63, 3.8) is 0 Å². The lowest BCUT2D eigenvalue weighted by Gasteiger charge is -2.23. The molecule has 0 aliphatic rings. The van der Waals surface area contributed by atoms with E-state index in [0.717, 1.165) is 12.8 Å². The molecule has 96 valence electrons. The Morgan fingerprint density at radius 2 is 1.75 bits per heavy atom. The fraction of sp³-hybridized carbons (Fsp3) is 0.917. The zero-order chi connectivity index (χ0) is 12.8. The van der Waals surface area contributed by atoms with Crippen molar-refractivity contribution >= 4 is 6.03 Å². The number of rotatable bonds is 5. The zero-order valence-corrected chi connectivity index (χ0v) is 11.1. The number of hydrogen-bond donors (Lipinski definition) is 3. The Kier molecular flexibility index (Phi) is 6.41. The van der Waals surface area contributed by atoms with Gasteiger partial charge in [0.1, 0.15) is 0 Å². The molecule has 3 N–H and O–H groups in total. The van der Waals surface area contributed by atoms with Crippen LogP contribution in [0.15, 0.2) is 0 Å². The molecule has 0 saturated carbocycles. The van der Waals surface area contributed by atoms with Gasteiger partial charge < -0.3 is 15.7 Å². The van der Waals surface area contributed by atoms with Crippen LogP contribution in [-0.2, 0) is 0 Å². The number of aliphatic hydroxyl groups is 1. The van der Waals surface area contributed by atoms with Gasteiger partial charge >= 0.3 is 6.03 Å². The molecule has 2 amide bonds. The van der Waals surface area contributed by atoms with Crippen LogP contribution in [-0.4, -0.2) is 29.3 Å². The summed E-state index contributed by atoms with van der Waals surface area (Å²) in [5.74, 6) is 0.259. The largest absolute Gasteiger partial charge is 0.391 e. The Hall–Kier alpha value is -0.770. The van der Waals surface area contributed by atoms with Crippen molar-refractivity contribution in [3.05, 3.63) is 0 Å². The molecule has 0 aromatic rings. The highest BCUT2D eigenvalue weighted by Crippen LogP contribution is 2.12. The van der Waals surface area contributed by atoms with Crippen molar-refractivity contribution in [3.8, 4) is 0 Å². The number of carbonyl (C=O) groups is 1. The third-order valence-electron chi connectivity index (χ3n) is 2.55. The minimum absolute atomic E-state index is 0.225. The van der Waals surface area contributed by atoms with Crippen molar-refractivity contribution in [2.75, 3.05) is 6.54 Å². The van der Waals surface area contributed by atoms with Gasteiger partial charge in [-0.05, 0) is 26.7 Å². The molecule has 16 heavy (non-hydrogen) atoms. The molecule has 0 radical (unpaired) electrons. The predicted molar refractivity (Wildman–Crippen MR) is 66.4 cm³/mol. The summed E-state index contributed by atoms with van der Waals surface area (Å²) in [4.78, 5) is 11.4. The van der Waals surface area contributed by atoms with E-state index in [2.05, 4.69) is 10.6 Å². The van der Waals surface area contributed by atoms with Crippen LogP contribution in [0.4, 0.5) is 4.79 Å². The quantitative estimate of drug-likeness (QED) is 0.675. The first kappa shape index (κ1) is 15.2. The number of carbonyl (C=O) groups excluding carboxylic acids is 1. The molecule has 4 heteroatoms. The summed E-state index contributed by atoms with van der Waals surface area (Å²) in [6.07, 6.45) is 1.40. The van der Waals surface area contributed by atoms with Gasteiger partial charge in [-0.25, -0.2) is 4.79 Å². The number of urea groups is 1. The monoisotopic (exact) mass is 230 g/mol. The van der Waals surface area contributed by atoms with E-state index >= 15 is 0 Å². The van der Waals surface area contributed by atoms with Crippen molar-refractivity contribution in [1.82, 2.24) is 10.6 Å². The van der Waals surface area contributed by atoms with Gasteiger partial charge in [0.2, 0.25) is 0 Å². The Labute approximate surface area is 98.8 Å². The fourth-order valence-corrected chi connectivity index (χ4v) is 1.58. The maximum atomic E-state index is 11.4. The fourth-order valence-electron chi connectivity index (χ4n) is 1.58.